The Morgan fingerprint density at radius 3 is 2.48 bits per heavy atom. The molecule has 2 aromatic rings. The zero-order valence-corrected chi connectivity index (χ0v) is 13.6. The molecule has 1 heterocycles. The average Bonchev–Trinajstić information content (AvgIpc) is 3.10. The third-order valence-electron chi connectivity index (χ3n) is 3.55. The number of aromatic nitrogens is 2. The summed E-state index contributed by atoms with van der Waals surface area (Å²) in [7, 11) is 3.13. The van der Waals surface area contributed by atoms with Crippen LogP contribution in [0.5, 0.6) is 11.5 Å². The first kappa shape index (κ1) is 16.9. The Bertz CT molecular complexity index is 589. The smallest absolute Gasteiger partial charge is 0.251 e. The largest absolute Gasteiger partial charge is 0.497 e. The monoisotopic (exact) mass is 317 g/mol. The van der Waals surface area contributed by atoms with Crippen LogP contribution in [0, 0.1) is 0 Å². The molecule has 1 amide bonds. The Labute approximate surface area is 136 Å². The predicted molar refractivity (Wildman–Crippen MR) is 88.0 cm³/mol. The molecule has 1 N–H and O–H groups in total. The van der Waals surface area contributed by atoms with Gasteiger partial charge in [-0.05, 0) is 31.4 Å². The lowest BCUT2D eigenvalue weighted by molar-refractivity contribution is 0.0952. The summed E-state index contributed by atoms with van der Waals surface area (Å²) in [6.07, 6.45) is 8.62. The second kappa shape index (κ2) is 8.82. The van der Waals surface area contributed by atoms with Gasteiger partial charge in [-0.2, -0.15) is 0 Å². The minimum Gasteiger partial charge on any atom is -0.497 e. The Morgan fingerprint density at radius 1 is 1.13 bits per heavy atom. The van der Waals surface area contributed by atoms with E-state index in [0.717, 1.165) is 25.8 Å². The van der Waals surface area contributed by atoms with Gasteiger partial charge in [0.1, 0.15) is 11.5 Å². The van der Waals surface area contributed by atoms with Gasteiger partial charge in [0.05, 0.1) is 20.5 Å². The van der Waals surface area contributed by atoms with Gasteiger partial charge >= 0.3 is 0 Å². The van der Waals surface area contributed by atoms with Crippen molar-refractivity contribution in [2.75, 3.05) is 20.8 Å². The van der Waals surface area contributed by atoms with E-state index in [2.05, 4.69) is 14.9 Å². The van der Waals surface area contributed by atoms with Gasteiger partial charge in [-0.15, -0.1) is 0 Å². The van der Waals surface area contributed by atoms with Crippen LogP contribution in [0.3, 0.4) is 0 Å². The summed E-state index contributed by atoms with van der Waals surface area (Å²) in [5.74, 6) is 1.10. The molecular weight excluding hydrogens is 294 g/mol. The lowest BCUT2D eigenvalue weighted by Gasteiger charge is -2.09. The maximum atomic E-state index is 12.2. The number of carbonyl (C=O) groups excluding carboxylic acids is 1. The fourth-order valence-corrected chi connectivity index (χ4v) is 2.26. The molecule has 6 heteroatoms. The number of amides is 1. The highest BCUT2D eigenvalue weighted by atomic mass is 16.5. The number of nitrogens with one attached hydrogen (secondary N) is 1. The SMILES string of the molecule is COc1cc(OC)cc(C(=O)NCCCCCn2ccnc2)c1. The summed E-state index contributed by atoms with van der Waals surface area (Å²) in [4.78, 5) is 16.2. The number of hydrogen-bond donors (Lipinski definition) is 1. The molecule has 0 fully saturated rings. The van der Waals surface area contributed by atoms with E-state index in [9.17, 15) is 4.79 Å². The van der Waals surface area contributed by atoms with E-state index in [0.29, 0.717) is 23.6 Å². The number of benzene rings is 1. The fourth-order valence-electron chi connectivity index (χ4n) is 2.26. The van der Waals surface area contributed by atoms with Gasteiger partial charge in [-0.25, -0.2) is 4.98 Å². The van der Waals surface area contributed by atoms with Crippen molar-refractivity contribution in [3.05, 3.63) is 42.5 Å². The molecule has 1 aromatic heterocycles. The fraction of sp³-hybridized carbons (Fsp3) is 0.412. The molecule has 23 heavy (non-hydrogen) atoms. The van der Waals surface area contributed by atoms with Crippen molar-refractivity contribution in [2.45, 2.75) is 25.8 Å². The second-order valence-electron chi connectivity index (χ2n) is 5.22. The van der Waals surface area contributed by atoms with Crippen molar-refractivity contribution in [1.82, 2.24) is 14.9 Å². The van der Waals surface area contributed by atoms with Crippen molar-refractivity contribution >= 4 is 5.91 Å². The quantitative estimate of drug-likeness (QED) is 0.722. The topological polar surface area (TPSA) is 65.4 Å². The van der Waals surface area contributed by atoms with E-state index in [1.165, 1.54) is 0 Å². The lowest BCUT2D eigenvalue weighted by atomic mass is 10.1. The summed E-state index contributed by atoms with van der Waals surface area (Å²) >= 11 is 0. The van der Waals surface area contributed by atoms with Gasteiger partial charge in [0.25, 0.3) is 5.91 Å². The summed E-state index contributed by atoms with van der Waals surface area (Å²) in [6, 6.07) is 5.15. The molecule has 0 aliphatic carbocycles. The summed E-state index contributed by atoms with van der Waals surface area (Å²) in [5.41, 5.74) is 0.541. The highest BCUT2D eigenvalue weighted by Crippen LogP contribution is 2.22. The number of carbonyl (C=O) groups is 1. The number of hydrogen-bond acceptors (Lipinski definition) is 4. The first-order chi connectivity index (χ1) is 11.2. The molecule has 2 rings (SSSR count). The number of methoxy groups -OCH3 is 2. The molecule has 0 saturated carbocycles. The lowest BCUT2D eigenvalue weighted by Crippen LogP contribution is -2.24. The highest BCUT2D eigenvalue weighted by molar-refractivity contribution is 5.95. The van der Waals surface area contributed by atoms with Gasteiger partial charge in [0.2, 0.25) is 0 Å². The van der Waals surface area contributed by atoms with Gasteiger partial charge in [0.15, 0.2) is 0 Å². The summed E-state index contributed by atoms with van der Waals surface area (Å²) in [5, 5.41) is 2.93. The van der Waals surface area contributed by atoms with E-state index in [-0.39, 0.29) is 5.91 Å². The van der Waals surface area contributed by atoms with Gasteiger partial charge in [0, 0.05) is 37.1 Å². The van der Waals surface area contributed by atoms with Crippen LogP contribution in [0.2, 0.25) is 0 Å². The van der Waals surface area contributed by atoms with E-state index in [1.54, 1.807) is 38.6 Å². The van der Waals surface area contributed by atoms with Crippen molar-refractivity contribution < 1.29 is 14.3 Å². The molecule has 6 nitrogen and oxygen atoms in total. The minimum atomic E-state index is -0.114. The number of aryl methyl sites for hydroxylation is 1. The molecule has 0 aliphatic heterocycles. The molecule has 0 saturated heterocycles. The summed E-state index contributed by atoms with van der Waals surface area (Å²) in [6.45, 7) is 1.61. The minimum absolute atomic E-state index is 0.114. The van der Waals surface area contributed by atoms with E-state index in [1.807, 2.05) is 12.5 Å². The molecular formula is C17H23N3O3. The first-order valence-corrected chi connectivity index (χ1v) is 7.70. The molecule has 0 atom stereocenters. The van der Waals surface area contributed by atoms with Crippen molar-refractivity contribution in [3.63, 3.8) is 0 Å². The molecule has 0 radical (unpaired) electrons. The Kier molecular flexibility index (Phi) is 6.47. The number of ether oxygens (including phenoxy) is 2. The molecule has 0 bridgehead atoms. The Morgan fingerprint density at radius 2 is 1.87 bits per heavy atom. The average molecular weight is 317 g/mol. The third kappa shape index (κ3) is 5.32. The van der Waals surface area contributed by atoms with Gasteiger partial charge in [-0.1, -0.05) is 0 Å². The Hall–Kier alpha value is -2.50. The number of imidazole rings is 1. The Balaban J connectivity index is 1.72. The molecule has 0 aliphatic rings. The number of rotatable bonds is 9. The van der Waals surface area contributed by atoms with Crippen molar-refractivity contribution in [1.29, 1.82) is 0 Å². The van der Waals surface area contributed by atoms with Crippen LogP contribution in [-0.4, -0.2) is 36.2 Å². The highest BCUT2D eigenvalue weighted by Gasteiger charge is 2.09. The molecule has 0 spiro atoms. The number of nitrogens with zero attached hydrogens (tertiary/aromatic N) is 2. The van der Waals surface area contributed by atoms with E-state index in [4.69, 9.17) is 9.47 Å². The molecule has 124 valence electrons. The van der Waals surface area contributed by atoms with Crippen LogP contribution in [0.25, 0.3) is 0 Å². The van der Waals surface area contributed by atoms with Crippen molar-refractivity contribution in [2.24, 2.45) is 0 Å². The summed E-state index contributed by atoms with van der Waals surface area (Å²) < 4.78 is 12.4. The van der Waals surface area contributed by atoms with Crippen LogP contribution in [0.15, 0.2) is 36.9 Å². The normalized spacial score (nSPS) is 10.3. The maximum absolute atomic E-state index is 12.2. The van der Waals surface area contributed by atoms with Crippen LogP contribution in [-0.2, 0) is 6.54 Å². The standard InChI is InChI=1S/C17H23N3O3/c1-22-15-10-14(11-16(12-15)23-2)17(21)19-6-4-3-5-8-20-9-7-18-13-20/h7,9-13H,3-6,8H2,1-2H3,(H,19,21). The number of unbranched alkanes of at least 4 members (excludes halogenated alkanes) is 2. The van der Waals surface area contributed by atoms with Crippen LogP contribution in [0.1, 0.15) is 29.6 Å². The third-order valence-corrected chi connectivity index (χ3v) is 3.55. The van der Waals surface area contributed by atoms with E-state index < -0.39 is 0 Å². The van der Waals surface area contributed by atoms with Crippen LogP contribution < -0.4 is 14.8 Å². The van der Waals surface area contributed by atoms with Gasteiger partial charge in [-0.3, -0.25) is 4.79 Å². The predicted octanol–water partition coefficient (Wildman–Crippen LogP) is 2.50. The zero-order chi connectivity index (χ0) is 16.5. The van der Waals surface area contributed by atoms with Crippen LogP contribution >= 0.6 is 0 Å². The molecule has 0 unspecified atom stereocenters. The van der Waals surface area contributed by atoms with Crippen LogP contribution in [0.4, 0.5) is 0 Å². The van der Waals surface area contributed by atoms with Crippen molar-refractivity contribution in [3.8, 4) is 11.5 Å². The van der Waals surface area contributed by atoms with Gasteiger partial charge < -0.3 is 19.4 Å². The zero-order valence-electron chi connectivity index (χ0n) is 13.6. The maximum Gasteiger partial charge on any atom is 0.251 e. The molecule has 1 aromatic carbocycles. The first-order valence-electron chi connectivity index (χ1n) is 7.70. The second-order valence-corrected chi connectivity index (χ2v) is 5.22. The van der Waals surface area contributed by atoms with E-state index >= 15 is 0 Å².